The van der Waals surface area contributed by atoms with E-state index in [2.05, 4.69) is 5.32 Å². The van der Waals surface area contributed by atoms with E-state index in [-0.39, 0.29) is 29.4 Å². The van der Waals surface area contributed by atoms with Gasteiger partial charge in [-0.2, -0.15) is 0 Å². The lowest BCUT2D eigenvalue weighted by Crippen LogP contribution is -2.03. The third kappa shape index (κ3) is 3.50. The summed E-state index contributed by atoms with van der Waals surface area (Å²) in [5.41, 5.74) is 0.152. The molecule has 1 N–H and O–H groups in total. The third-order valence-corrected chi connectivity index (χ3v) is 2.79. The molecule has 21 heavy (non-hydrogen) atoms. The molecule has 2 aromatic carbocycles. The fourth-order valence-corrected chi connectivity index (χ4v) is 1.73. The number of hydrogen-bond acceptors (Lipinski definition) is 5. The fourth-order valence-electron chi connectivity index (χ4n) is 1.73. The molecule has 0 aliphatic heterocycles. The van der Waals surface area contributed by atoms with Gasteiger partial charge in [-0.3, -0.25) is 20.2 Å². The molecule has 8 heteroatoms. The fraction of sp³-hybridized carbons (Fsp3) is 0.0769. The average molecular weight is 291 g/mol. The highest BCUT2D eigenvalue weighted by atomic mass is 19.1. The Balaban J connectivity index is 2.21. The third-order valence-electron chi connectivity index (χ3n) is 2.79. The number of anilines is 1. The van der Waals surface area contributed by atoms with Crippen LogP contribution in [0.4, 0.5) is 21.5 Å². The molecule has 108 valence electrons. The van der Waals surface area contributed by atoms with Crippen LogP contribution in [0.3, 0.4) is 0 Å². The molecule has 7 nitrogen and oxygen atoms in total. The van der Waals surface area contributed by atoms with Crippen LogP contribution in [0.2, 0.25) is 0 Å². The predicted molar refractivity (Wildman–Crippen MR) is 73.5 cm³/mol. The van der Waals surface area contributed by atoms with Crippen molar-refractivity contribution >= 4 is 17.1 Å². The van der Waals surface area contributed by atoms with Gasteiger partial charge in [0.1, 0.15) is 11.5 Å². The van der Waals surface area contributed by atoms with Crippen molar-refractivity contribution in [1.82, 2.24) is 0 Å². The van der Waals surface area contributed by atoms with E-state index < -0.39 is 9.85 Å². The monoisotopic (exact) mass is 291 g/mol. The number of nitro benzene ring substituents is 2. The van der Waals surface area contributed by atoms with Gasteiger partial charge in [-0.1, -0.05) is 12.1 Å². The van der Waals surface area contributed by atoms with E-state index in [1.807, 2.05) is 0 Å². The zero-order chi connectivity index (χ0) is 15.4. The molecule has 2 rings (SSSR count). The normalized spacial score (nSPS) is 10.1. The molecular formula is C13H10FN3O4. The molecule has 0 spiro atoms. The molecule has 0 aliphatic carbocycles. The Morgan fingerprint density at radius 2 is 1.67 bits per heavy atom. The Morgan fingerprint density at radius 1 is 1.00 bits per heavy atom. The predicted octanol–water partition coefficient (Wildman–Crippen LogP) is 3.25. The molecular weight excluding hydrogens is 281 g/mol. The molecule has 0 unspecified atom stereocenters. The Bertz CT molecular complexity index is 688. The Kier molecular flexibility index (Phi) is 4.07. The van der Waals surface area contributed by atoms with E-state index in [0.717, 1.165) is 11.6 Å². The van der Waals surface area contributed by atoms with Gasteiger partial charge in [-0.05, 0) is 23.8 Å². The van der Waals surface area contributed by atoms with Gasteiger partial charge in [0.2, 0.25) is 0 Å². The van der Waals surface area contributed by atoms with Crippen molar-refractivity contribution in [3.8, 4) is 0 Å². The molecule has 2 aromatic rings. The van der Waals surface area contributed by atoms with E-state index in [4.69, 9.17) is 0 Å². The summed E-state index contributed by atoms with van der Waals surface area (Å²) >= 11 is 0. The van der Waals surface area contributed by atoms with Gasteiger partial charge < -0.3 is 5.32 Å². The Hall–Kier alpha value is -3.03. The van der Waals surface area contributed by atoms with Gasteiger partial charge in [0, 0.05) is 12.6 Å². The Labute approximate surface area is 118 Å². The van der Waals surface area contributed by atoms with Crippen molar-refractivity contribution in [1.29, 1.82) is 0 Å². The zero-order valence-electron chi connectivity index (χ0n) is 10.7. The van der Waals surface area contributed by atoms with Crippen molar-refractivity contribution in [2.75, 3.05) is 5.32 Å². The minimum Gasteiger partial charge on any atom is -0.375 e. The summed E-state index contributed by atoms with van der Waals surface area (Å²) < 4.78 is 12.8. The molecule has 0 atom stereocenters. The summed E-state index contributed by atoms with van der Waals surface area (Å²) in [4.78, 5) is 20.2. The van der Waals surface area contributed by atoms with Crippen molar-refractivity contribution in [2.24, 2.45) is 0 Å². The average Bonchev–Trinajstić information content (AvgIpc) is 2.46. The number of nitrogens with one attached hydrogen (secondary N) is 1. The molecule has 0 fully saturated rings. The van der Waals surface area contributed by atoms with Crippen LogP contribution in [0.5, 0.6) is 0 Å². The van der Waals surface area contributed by atoms with Crippen LogP contribution in [0.1, 0.15) is 5.56 Å². The Morgan fingerprint density at radius 3 is 2.24 bits per heavy atom. The maximum Gasteiger partial charge on any atom is 0.299 e. The van der Waals surface area contributed by atoms with E-state index in [0.29, 0.717) is 0 Å². The van der Waals surface area contributed by atoms with Gasteiger partial charge in [-0.15, -0.1) is 0 Å². The highest BCUT2D eigenvalue weighted by Crippen LogP contribution is 2.29. The van der Waals surface area contributed by atoms with E-state index >= 15 is 0 Å². The van der Waals surface area contributed by atoms with Gasteiger partial charge in [0.05, 0.1) is 15.9 Å². The topological polar surface area (TPSA) is 98.3 Å². The standard InChI is InChI=1S/C13H10FN3O4/c14-10-3-1-9(2-4-10)8-15-12-6-5-11(16(18)19)7-13(12)17(20)21/h1-7,15H,8H2. The summed E-state index contributed by atoms with van der Waals surface area (Å²) in [6.07, 6.45) is 0. The number of nitrogens with zero attached hydrogens (tertiary/aromatic N) is 2. The van der Waals surface area contributed by atoms with Crippen molar-refractivity contribution in [2.45, 2.75) is 6.54 Å². The number of nitro groups is 2. The van der Waals surface area contributed by atoms with Crippen LogP contribution in [-0.4, -0.2) is 9.85 Å². The lowest BCUT2D eigenvalue weighted by molar-refractivity contribution is -0.393. The SMILES string of the molecule is O=[N+]([O-])c1ccc(NCc2ccc(F)cc2)c([N+](=O)[O-])c1. The van der Waals surface area contributed by atoms with Crippen molar-refractivity contribution < 1.29 is 14.2 Å². The quantitative estimate of drug-likeness (QED) is 0.673. The number of benzene rings is 2. The van der Waals surface area contributed by atoms with Crippen LogP contribution in [0.25, 0.3) is 0 Å². The lowest BCUT2D eigenvalue weighted by Gasteiger charge is -2.07. The second kappa shape index (κ2) is 5.95. The molecule has 0 aliphatic rings. The summed E-state index contributed by atoms with van der Waals surface area (Å²) in [5, 5.41) is 24.4. The molecule has 0 aromatic heterocycles. The molecule has 0 saturated heterocycles. The minimum absolute atomic E-state index is 0.162. The highest BCUT2D eigenvalue weighted by molar-refractivity contribution is 5.65. The summed E-state index contributed by atoms with van der Waals surface area (Å²) in [6.45, 7) is 0.235. The van der Waals surface area contributed by atoms with Gasteiger partial charge in [0.25, 0.3) is 11.4 Å². The summed E-state index contributed by atoms with van der Waals surface area (Å²) in [6, 6.07) is 8.99. The lowest BCUT2D eigenvalue weighted by atomic mass is 10.2. The minimum atomic E-state index is -0.698. The molecule has 0 radical (unpaired) electrons. The van der Waals surface area contributed by atoms with Gasteiger partial charge in [0.15, 0.2) is 0 Å². The highest BCUT2D eigenvalue weighted by Gasteiger charge is 2.19. The van der Waals surface area contributed by atoms with Gasteiger partial charge in [-0.25, -0.2) is 4.39 Å². The van der Waals surface area contributed by atoms with Crippen LogP contribution < -0.4 is 5.32 Å². The van der Waals surface area contributed by atoms with Crippen LogP contribution in [-0.2, 0) is 6.54 Å². The summed E-state index contributed by atoms with van der Waals surface area (Å²) in [5.74, 6) is -0.375. The first-order valence-corrected chi connectivity index (χ1v) is 5.88. The second-order valence-corrected chi connectivity index (χ2v) is 4.20. The maximum absolute atomic E-state index is 12.8. The second-order valence-electron chi connectivity index (χ2n) is 4.20. The van der Waals surface area contributed by atoms with E-state index in [1.165, 1.54) is 24.3 Å². The van der Waals surface area contributed by atoms with E-state index in [9.17, 15) is 24.6 Å². The largest absolute Gasteiger partial charge is 0.375 e. The number of hydrogen-bond donors (Lipinski definition) is 1. The molecule has 0 heterocycles. The first-order chi connectivity index (χ1) is 9.97. The maximum atomic E-state index is 12.8. The van der Waals surface area contributed by atoms with Crippen LogP contribution in [0, 0.1) is 26.0 Å². The van der Waals surface area contributed by atoms with Crippen molar-refractivity contribution in [3.63, 3.8) is 0 Å². The molecule has 0 amide bonds. The number of halogens is 1. The smallest absolute Gasteiger partial charge is 0.299 e. The first-order valence-electron chi connectivity index (χ1n) is 5.88. The van der Waals surface area contributed by atoms with Crippen LogP contribution in [0.15, 0.2) is 42.5 Å². The number of rotatable bonds is 5. The van der Waals surface area contributed by atoms with Crippen molar-refractivity contribution in [3.05, 3.63) is 74.1 Å². The molecule has 0 bridgehead atoms. The first kappa shape index (κ1) is 14.4. The molecule has 0 saturated carbocycles. The van der Waals surface area contributed by atoms with E-state index in [1.54, 1.807) is 12.1 Å². The zero-order valence-corrected chi connectivity index (χ0v) is 10.7. The summed E-state index contributed by atoms with van der Waals surface area (Å²) in [7, 11) is 0. The number of non-ortho nitro benzene ring substituents is 1. The van der Waals surface area contributed by atoms with Crippen LogP contribution >= 0.6 is 0 Å². The van der Waals surface area contributed by atoms with Gasteiger partial charge >= 0.3 is 0 Å².